The van der Waals surface area contributed by atoms with E-state index >= 15 is 0 Å². The van der Waals surface area contributed by atoms with Crippen LogP contribution < -0.4 is 15.0 Å². The van der Waals surface area contributed by atoms with E-state index in [0.717, 1.165) is 6.26 Å². The van der Waals surface area contributed by atoms with Crippen molar-refractivity contribution in [3.63, 3.8) is 0 Å². The van der Waals surface area contributed by atoms with Crippen LogP contribution in [0.2, 0.25) is 0 Å². The fourth-order valence-electron chi connectivity index (χ4n) is 2.42. The normalized spacial score (nSPS) is 19.7. The quantitative estimate of drug-likeness (QED) is 0.802. The van der Waals surface area contributed by atoms with Crippen molar-refractivity contribution >= 4 is 9.84 Å². The third-order valence-electron chi connectivity index (χ3n) is 3.75. The highest BCUT2D eigenvalue weighted by Gasteiger charge is 2.34. The number of alkyl halides is 3. The van der Waals surface area contributed by atoms with Crippen molar-refractivity contribution in [2.24, 2.45) is 0 Å². The molecule has 0 aliphatic carbocycles. The molecular weight excluding hydrogens is 401 g/mol. The van der Waals surface area contributed by atoms with Gasteiger partial charge in [-0.25, -0.2) is 18.9 Å². The van der Waals surface area contributed by atoms with Crippen molar-refractivity contribution < 1.29 is 35.9 Å². The van der Waals surface area contributed by atoms with E-state index in [9.17, 15) is 21.6 Å². The predicted octanol–water partition coefficient (Wildman–Crippen LogP) is 3.05. The number of rotatable bonds is 5. The number of hydrogen-bond acceptors (Lipinski definition) is 7. The van der Waals surface area contributed by atoms with Crippen molar-refractivity contribution in [2.45, 2.75) is 23.9 Å². The Labute approximate surface area is 158 Å². The summed E-state index contributed by atoms with van der Waals surface area (Å²) in [4.78, 5) is 9.29. The summed E-state index contributed by atoms with van der Waals surface area (Å²) >= 11 is 0. The lowest BCUT2D eigenvalue weighted by Gasteiger charge is -2.20. The standard InChI is InChI=1S/C17H15F3N2O5S/c1-16(11-3-5-12(6-4-11)26-17(18,19)20)9-14(22-27-16)25-13-7-8-15(21-10-13)28(2,23)24/h3-10,22H,1-2H3. The van der Waals surface area contributed by atoms with Crippen LogP contribution in [0.5, 0.6) is 11.5 Å². The molecule has 7 nitrogen and oxygen atoms in total. The molecule has 0 spiro atoms. The van der Waals surface area contributed by atoms with E-state index < -0.39 is 21.8 Å². The largest absolute Gasteiger partial charge is 0.573 e. The van der Waals surface area contributed by atoms with Crippen molar-refractivity contribution in [1.82, 2.24) is 10.5 Å². The molecule has 0 bridgehead atoms. The molecule has 1 aliphatic rings. The Bertz CT molecular complexity index is 989. The van der Waals surface area contributed by atoms with Crippen LogP contribution in [-0.4, -0.2) is 26.0 Å². The molecule has 0 radical (unpaired) electrons. The van der Waals surface area contributed by atoms with Crippen LogP contribution in [0.15, 0.2) is 59.6 Å². The molecule has 0 saturated carbocycles. The van der Waals surface area contributed by atoms with Gasteiger partial charge in [0, 0.05) is 12.3 Å². The number of benzene rings is 1. The second-order valence-corrected chi connectivity index (χ2v) is 8.06. The van der Waals surface area contributed by atoms with E-state index in [1.54, 1.807) is 13.0 Å². The molecule has 0 fully saturated rings. The van der Waals surface area contributed by atoms with Crippen molar-refractivity contribution in [2.75, 3.05) is 6.26 Å². The summed E-state index contributed by atoms with van der Waals surface area (Å²) in [5.41, 5.74) is 2.12. The van der Waals surface area contributed by atoms with Crippen LogP contribution >= 0.6 is 0 Å². The molecule has 150 valence electrons. The highest BCUT2D eigenvalue weighted by atomic mass is 32.2. The average molecular weight is 416 g/mol. The van der Waals surface area contributed by atoms with Gasteiger partial charge in [0.15, 0.2) is 14.9 Å². The molecule has 3 rings (SSSR count). The molecule has 1 unspecified atom stereocenters. The number of hydroxylamine groups is 1. The minimum absolute atomic E-state index is 0.0875. The third-order valence-corrected chi connectivity index (χ3v) is 4.75. The first-order valence-corrected chi connectivity index (χ1v) is 9.71. The molecule has 1 aliphatic heterocycles. The number of aromatic nitrogens is 1. The molecule has 1 N–H and O–H groups in total. The van der Waals surface area contributed by atoms with Crippen LogP contribution in [0.1, 0.15) is 12.5 Å². The number of pyridine rings is 1. The minimum atomic E-state index is -4.77. The number of halogens is 3. The topological polar surface area (TPSA) is 86.8 Å². The summed E-state index contributed by atoms with van der Waals surface area (Å²) in [5.74, 6) is 0.142. The Morgan fingerprint density at radius 2 is 1.75 bits per heavy atom. The molecule has 2 aromatic rings. The van der Waals surface area contributed by atoms with Gasteiger partial charge in [0.1, 0.15) is 17.1 Å². The van der Waals surface area contributed by atoms with Gasteiger partial charge in [-0.05, 0) is 36.8 Å². The lowest BCUT2D eigenvalue weighted by Crippen LogP contribution is -2.23. The van der Waals surface area contributed by atoms with Gasteiger partial charge < -0.3 is 9.47 Å². The van der Waals surface area contributed by atoms with E-state index in [0.29, 0.717) is 5.56 Å². The maximum Gasteiger partial charge on any atom is 0.573 e. The maximum atomic E-state index is 12.2. The van der Waals surface area contributed by atoms with Crippen LogP contribution in [0.4, 0.5) is 13.2 Å². The Morgan fingerprint density at radius 1 is 1.11 bits per heavy atom. The molecule has 1 atom stereocenters. The van der Waals surface area contributed by atoms with Gasteiger partial charge in [0.05, 0.1) is 6.20 Å². The smallest absolute Gasteiger partial charge is 0.438 e. The zero-order valence-corrected chi connectivity index (χ0v) is 15.5. The number of nitrogens with zero attached hydrogens (tertiary/aromatic N) is 1. The van der Waals surface area contributed by atoms with E-state index in [-0.39, 0.29) is 22.4 Å². The van der Waals surface area contributed by atoms with Gasteiger partial charge in [0.2, 0.25) is 5.88 Å². The summed E-state index contributed by atoms with van der Waals surface area (Å²) in [6.45, 7) is 1.68. The van der Waals surface area contributed by atoms with Gasteiger partial charge in [-0.2, -0.15) is 0 Å². The minimum Gasteiger partial charge on any atom is -0.438 e. The average Bonchev–Trinajstić information content (AvgIpc) is 2.96. The van der Waals surface area contributed by atoms with Gasteiger partial charge in [-0.3, -0.25) is 4.84 Å². The van der Waals surface area contributed by atoms with Crippen LogP contribution in [0.3, 0.4) is 0 Å². The fraction of sp³-hybridized carbons (Fsp3) is 0.235. The van der Waals surface area contributed by atoms with Crippen LogP contribution in [-0.2, 0) is 20.3 Å². The maximum absolute atomic E-state index is 12.2. The van der Waals surface area contributed by atoms with Gasteiger partial charge in [-0.1, -0.05) is 12.1 Å². The zero-order valence-electron chi connectivity index (χ0n) is 14.6. The van der Waals surface area contributed by atoms with Gasteiger partial charge >= 0.3 is 6.36 Å². The summed E-state index contributed by atoms with van der Waals surface area (Å²) in [6.07, 6.45) is -0.894. The van der Waals surface area contributed by atoms with Crippen molar-refractivity contribution in [3.05, 3.63) is 60.1 Å². The molecule has 2 heterocycles. The molecule has 0 amide bonds. The number of ether oxygens (including phenoxy) is 2. The highest BCUT2D eigenvalue weighted by molar-refractivity contribution is 7.90. The second-order valence-electron chi connectivity index (χ2n) is 6.10. The van der Waals surface area contributed by atoms with E-state index in [1.165, 1.54) is 42.6 Å². The molecule has 1 aromatic heterocycles. The molecule has 1 aromatic carbocycles. The summed E-state index contributed by atoms with van der Waals surface area (Å²) < 4.78 is 68.9. The first-order chi connectivity index (χ1) is 12.9. The fourth-order valence-corrected chi connectivity index (χ4v) is 2.98. The molecule has 11 heteroatoms. The van der Waals surface area contributed by atoms with Gasteiger partial charge in [-0.15, -0.1) is 13.2 Å². The monoisotopic (exact) mass is 416 g/mol. The molecular formula is C17H15F3N2O5S. The lowest BCUT2D eigenvalue weighted by molar-refractivity contribution is -0.274. The lowest BCUT2D eigenvalue weighted by atomic mass is 9.96. The van der Waals surface area contributed by atoms with E-state index in [2.05, 4.69) is 15.2 Å². The third kappa shape index (κ3) is 4.73. The SMILES string of the molecule is CC1(c2ccc(OC(F)(F)F)cc2)C=C(Oc2ccc(S(C)(=O)=O)nc2)NO1. The Morgan fingerprint density at radius 3 is 2.29 bits per heavy atom. The summed E-state index contributed by atoms with van der Waals surface area (Å²) in [5, 5.41) is -0.0875. The number of nitrogens with one attached hydrogen (secondary N) is 1. The van der Waals surface area contributed by atoms with Crippen LogP contribution in [0.25, 0.3) is 0 Å². The number of hydrogen-bond donors (Lipinski definition) is 1. The predicted molar refractivity (Wildman–Crippen MR) is 90.8 cm³/mol. The van der Waals surface area contributed by atoms with E-state index in [4.69, 9.17) is 9.57 Å². The Balaban J connectivity index is 1.73. The first kappa shape index (κ1) is 20.0. The summed E-state index contributed by atoms with van der Waals surface area (Å²) in [7, 11) is -3.42. The molecule has 28 heavy (non-hydrogen) atoms. The first-order valence-electron chi connectivity index (χ1n) is 7.82. The summed E-state index contributed by atoms with van der Waals surface area (Å²) in [6, 6.07) is 7.97. The highest BCUT2D eigenvalue weighted by Crippen LogP contribution is 2.33. The van der Waals surface area contributed by atoms with Crippen molar-refractivity contribution in [3.8, 4) is 11.5 Å². The Hall–Kier alpha value is -2.79. The van der Waals surface area contributed by atoms with Crippen molar-refractivity contribution in [1.29, 1.82) is 0 Å². The Kier molecular flexibility index (Phi) is 4.98. The van der Waals surface area contributed by atoms with E-state index in [1.807, 2.05) is 0 Å². The van der Waals surface area contributed by atoms with Crippen LogP contribution in [0, 0.1) is 0 Å². The van der Waals surface area contributed by atoms with Gasteiger partial charge in [0.25, 0.3) is 0 Å². The zero-order chi connectivity index (χ0) is 20.6. The molecule has 0 saturated heterocycles. The number of sulfone groups is 1. The second kappa shape index (κ2) is 6.99.